The van der Waals surface area contributed by atoms with E-state index in [1.54, 1.807) is 12.1 Å². The van der Waals surface area contributed by atoms with Gasteiger partial charge in [0.05, 0.1) is 6.61 Å². The largest absolute Gasteiger partial charge is 0.569 e. The van der Waals surface area contributed by atoms with Crippen molar-refractivity contribution in [3.05, 3.63) is 24.3 Å². The third-order valence-electron chi connectivity index (χ3n) is 1.98. The van der Waals surface area contributed by atoms with Crippen LogP contribution in [0.3, 0.4) is 0 Å². The highest BCUT2D eigenvalue weighted by Crippen LogP contribution is 2.17. The van der Waals surface area contributed by atoms with Gasteiger partial charge in [-0.15, -0.1) is 0 Å². The van der Waals surface area contributed by atoms with Crippen LogP contribution in [0.2, 0.25) is 0 Å². The lowest BCUT2D eigenvalue weighted by atomic mass is 10.1. The Kier molecular flexibility index (Phi) is 5.05. The van der Waals surface area contributed by atoms with Gasteiger partial charge in [0.2, 0.25) is 0 Å². The first-order chi connectivity index (χ1) is 7.22. The molecule has 15 heavy (non-hydrogen) atoms. The van der Waals surface area contributed by atoms with E-state index in [4.69, 9.17) is 14.4 Å². The van der Waals surface area contributed by atoms with Gasteiger partial charge in [-0.1, -0.05) is 13.8 Å². The molecule has 0 heterocycles. The lowest BCUT2D eigenvalue weighted by Gasteiger charge is -2.08. The summed E-state index contributed by atoms with van der Waals surface area (Å²) < 4.78 is 10.3. The molecule has 0 atom stereocenters. The molecule has 0 saturated carbocycles. The molecular formula is C11H16BO3. The van der Waals surface area contributed by atoms with E-state index in [9.17, 15) is 0 Å². The minimum atomic E-state index is 0.591. The third kappa shape index (κ3) is 4.74. The number of benzene rings is 1. The van der Waals surface area contributed by atoms with E-state index in [0.717, 1.165) is 18.8 Å². The lowest BCUT2D eigenvalue weighted by molar-refractivity contribution is 0.289. The van der Waals surface area contributed by atoms with Crippen LogP contribution in [0.1, 0.15) is 20.3 Å². The van der Waals surface area contributed by atoms with Gasteiger partial charge in [-0.3, -0.25) is 0 Å². The Labute approximate surface area is 91.3 Å². The SMILES string of the molecule is CC(C)CCOc1ccc(O[B]O)cc1. The average molecular weight is 207 g/mol. The number of hydrogen-bond donors (Lipinski definition) is 1. The Morgan fingerprint density at radius 2 is 1.80 bits per heavy atom. The molecule has 0 aromatic heterocycles. The van der Waals surface area contributed by atoms with Crippen LogP contribution in [-0.2, 0) is 0 Å². The highest BCUT2D eigenvalue weighted by molar-refractivity contribution is 6.17. The van der Waals surface area contributed by atoms with Gasteiger partial charge in [0, 0.05) is 0 Å². The average Bonchev–Trinajstić information content (AvgIpc) is 2.20. The van der Waals surface area contributed by atoms with Crippen LogP contribution in [0.15, 0.2) is 24.3 Å². The van der Waals surface area contributed by atoms with Crippen molar-refractivity contribution in [2.45, 2.75) is 20.3 Å². The summed E-state index contributed by atoms with van der Waals surface area (Å²) in [5, 5.41) is 8.41. The Hall–Kier alpha value is -1.16. The van der Waals surface area contributed by atoms with Gasteiger partial charge in [-0.05, 0) is 36.6 Å². The van der Waals surface area contributed by atoms with E-state index >= 15 is 0 Å². The minimum absolute atomic E-state index is 0.591. The zero-order valence-corrected chi connectivity index (χ0v) is 9.14. The Morgan fingerprint density at radius 3 is 2.33 bits per heavy atom. The van der Waals surface area contributed by atoms with Gasteiger partial charge in [-0.2, -0.15) is 0 Å². The highest BCUT2D eigenvalue weighted by Gasteiger charge is 1.98. The van der Waals surface area contributed by atoms with Crippen LogP contribution in [0, 0.1) is 5.92 Å². The molecule has 0 bridgehead atoms. The molecule has 81 valence electrons. The molecule has 0 aliphatic carbocycles. The van der Waals surface area contributed by atoms with Crippen molar-refractivity contribution in [2.75, 3.05) is 6.61 Å². The van der Waals surface area contributed by atoms with Crippen molar-refractivity contribution in [1.29, 1.82) is 0 Å². The van der Waals surface area contributed by atoms with E-state index in [-0.39, 0.29) is 0 Å². The van der Waals surface area contributed by atoms with Gasteiger partial charge in [-0.25, -0.2) is 0 Å². The Bertz CT molecular complexity index is 272. The van der Waals surface area contributed by atoms with E-state index in [1.165, 1.54) is 0 Å². The zero-order chi connectivity index (χ0) is 11.1. The molecule has 0 fully saturated rings. The first-order valence-electron chi connectivity index (χ1n) is 5.08. The maximum atomic E-state index is 8.41. The molecule has 4 heteroatoms. The third-order valence-corrected chi connectivity index (χ3v) is 1.98. The molecule has 0 amide bonds. The Balaban J connectivity index is 2.36. The monoisotopic (exact) mass is 207 g/mol. The lowest BCUT2D eigenvalue weighted by Crippen LogP contribution is -2.02. The molecule has 0 spiro atoms. The zero-order valence-electron chi connectivity index (χ0n) is 9.14. The van der Waals surface area contributed by atoms with Crippen molar-refractivity contribution in [3.63, 3.8) is 0 Å². The fourth-order valence-corrected chi connectivity index (χ4v) is 1.09. The predicted octanol–water partition coefficient (Wildman–Crippen LogP) is 2.02. The van der Waals surface area contributed by atoms with Gasteiger partial charge in [0.25, 0.3) is 0 Å². The van der Waals surface area contributed by atoms with Crippen LogP contribution in [0.25, 0.3) is 0 Å². The van der Waals surface area contributed by atoms with Crippen molar-refractivity contribution < 1.29 is 14.4 Å². The molecule has 1 aromatic carbocycles. The fourth-order valence-electron chi connectivity index (χ4n) is 1.09. The van der Waals surface area contributed by atoms with E-state index in [1.807, 2.05) is 12.1 Å². The summed E-state index contributed by atoms with van der Waals surface area (Å²) in [7, 11) is 0.661. The first-order valence-corrected chi connectivity index (χ1v) is 5.08. The normalized spacial score (nSPS) is 10.1. The fraction of sp³-hybridized carbons (Fsp3) is 0.455. The molecule has 1 rings (SSSR count). The number of ether oxygens (including phenoxy) is 1. The molecule has 1 N–H and O–H groups in total. The molecule has 0 aliphatic heterocycles. The van der Waals surface area contributed by atoms with E-state index in [2.05, 4.69) is 13.8 Å². The summed E-state index contributed by atoms with van der Waals surface area (Å²) in [6.07, 6.45) is 1.04. The van der Waals surface area contributed by atoms with Crippen LogP contribution < -0.4 is 9.39 Å². The molecule has 0 saturated heterocycles. The molecule has 0 unspecified atom stereocenters. The van der Waals surface area contributed by atoms with Crippen LogP contribution in [0.4, 0.5) is 0 Å². The van der Waals surface area contributed by atoms with E-state index < -0.39 is 0 Å². The van der Waals surface area contributed by atoms with Crippen LogP contribution in [-0.4, -0.2) is 19.3 Å². The number of hydrogen-bond acceptors (Lipinski definition) is 3. The van der Waals surface area contributed by atoms with Gasteiger partial charge in [0.1, 0.15) is 11.5 Å². The predicted molar refractivity (Wildman–Crippen MR) is 60.0 cm³/mol. The standard InChI is InChI=1S/C11H16BO3/c1-9(2)7-8-14-10-3-5-11(6-4-10)15-12-13/h3-6,9,13H,7-8H2,1-2H3. The minimum Gasteiger partial charge on any atom is -0.537 e. The van der Waals surface area contributed by atoms with Gasteiger partial charge < -0.3 is 14.4 Å². The second-order valence-electron chi connectivity index (χ2n) is 3.73. The first kappa shape index (κ1) is 11.9. The van der Waals surface area contributed by atoms with Crippen LogP contribution in [0.5, 0.6) is 11.5 Å². The van der Waals surface area contributed by atoms with Crippen molar-refractivity contribution in [1.82, 2.24) is 0 Å². The topological polar surface area (TPSA) is 38.7 Å². The van der Waals surface area contributed by atoms with Gasteiger partial charge in [0.15, 0.2) is 0 Å². The van der Waals surface area contributed by atoms with Crippen LogP contribution >= 0.6 is 0 Å². The van der Waals surface area contributed by atoms with Gasteiger partial charge >= 0.3 is 7.69 Å². The molecule has 0 aliphatic rings. The van der Waals surface area contributed by atoms with Crippen molar-refractivity contribution in [2.24, 2.45) is 5.92 Å². The van der Waals surface area contributed by atoms with Crippen molar-refractivity contribution >= 4 is 7.69 Å². The highest BCUT2D eigenvalue weighted by atomic mass is 16.5. The summed E-state index contributed by atoms with van der Waals surface area (Å²) in [6.45, 7) is 5.05. The quantitative estimate of drug-likeness (QED) is 0.725. The molecule has 3 nitrogen and oxygen atoms in total. The summed E-state index contributed by atoms with van der Waals surface area (Å²) in [5.74, 6) is 2.06. The maximum absolute atomic E-state index is 8.41. The summed E-state index contributed by atoms with van der Waals surface area (Å²) in [6, 6.07) is 7.13. The molecule has 1 aromatic rings. The number of rotatable bonds is 6. The molecular weight excluding hydrogens is 191 g/mol. The summed E-state index contributed by atoms with van der Waals surface area (Å²) in [5.41, 5.74) is 0. The smallest absolute Gasteiger partial charge is 0.537 e. The second-order valence-corrected chi connectivity index (χ2v) is 3.73. The summed E-state index contributed by atoms with van der Waals surface area (Å²) in [4.78, 5) is 0. The summed E-state index contributed by atoms with van der Waals surface area (Å²) >= 11 is 0. The van der Waals surface area contributed by atoms with Crippen molar-refractivity contribution in [3.8, 4) is 11.5 Å². The maximum Gasteiger partial charge on any atom is 0.569 e. The Morgan fingerprint density at radius 1 is 1.20 bits per heavy atom. The van der Waals surface area contributed by atoms with E-state index in [0.29, 0.717) is 19.4 Å². The second kappa shape index (κ2) is 6.35. The molecule has 1 radical (unpaired) electrons.